The third-order valence-electron chi connectivity index (χ3n) is 6.32. The van der Waals surface area contributed by atoms with Crippen LogP contribution in [0.25, 0.3) is 11.0 Å². The molecular weight excluding hydrogens is 340 g/mol. The molecule has 0 radical (unpaired) electrons. The Kier molecular flexibility index (Phi) is 5.13. The number of benzene rings is 1. The van der Waals surface area contributed by atoms with Crippen LogP contribution in [0, 0.1) is 12.8 Å². The molecule has 2 fully saturated rings. The fourth-order valence-electron chi connectivity index (χ4n) is 4.95. The van der Waals surface area contributed by atoms with E-state index in [9.17, 15) is 9.90 Å². The Hall–Kier alpha value is -2.01. The number of amides is 1. The van der Waals surface area contributed by atoms with Gasteiger partial charge < -0.3 is 19.7 Å². The number of quaternary nitrogens is 1. The van der Waals surface area contributed by atoms with E-state index in [0.29, 0.717) is 22.8 Å². The van der Waals surface area contributed by atoms with E-state index in [1.807, 2.05) is 6.92 Å². The Morgan fingerprint density at radius 3 is 2.78 bits per heavy atom. The summed E-state index contributed by atoms with van der Waals surface area (Å²) in [6.07, 6.45) is 6.95. The molecule has 2 heterocycles. The monoisotopic (exact) mass is 371 g/mol. The summed E-state index contributed by atoms with van der Waals surface area (Å²) < 4.78 is 5.91. The molecule has 0 spiro atoms. The van der Waals surface area contributed by atoms with Crippen molar-refractivity contribution in [1.29, 1.82) is 0 Å². The number of hydrogen-bond acceptors (Lipinski definition) is 3. The quantitative estimate of drug-likeness (QED) is 0.774. The van der Waals surface area contributed by atoms with Gasteiger partial charge in [-0.2, -0.15) is 0 Å². The highest BCUT2D eigenvalue weighted by atomic mass is 16.3. The Balaban J connectivity index is 1.69. The zero-order valence-electron chi connectivity index (χ0n) is 16.4. The molecule has 5 nitrogen and oxygen atoms in total. The molecule has 1 aromatic heterocycles. The summed E-state index contributed by atoms with van der Waals surface area (Å²) in [5.41, 5.74) is 2.15. The molecule has 1 saturated heterocycles. The van der Waals surface area contributed by atoms with Gasteiger partial charge in [0.15, 0.2) is 0 Å². The number of likely N-dealkylation sites (tertiary alicyclic amines) is 1. The maximum Gasteiger partial charge on any atom is 0.255 e. The van der Waals surface area contributed by atoms with Gasteiger partial charge in [0, 0.05) is 17.3 Å². The van der Waals surface area contributed by atoms with Gasteiger partial charge in [-0.25, -0.2) is 0 Å². The summed E-state index contributed by atoms with van der Waals surface area (Å²) in [6.45, 7) is 7.09. The van der Waals surface area contributed by atoms with Crippen LogP contribution in [-0.4, -0.2) is 30.1 Å². The molecule has 27 heavy (non-hydrogen) atoms. The largest absolute Gasteiger partial charge is 0.507 e. The second kappa shape index (κ2) is 7.55. The molecule has 1 unspecified atom stereocenters. The first kappa shape index (κ1) is 18.4. The number of carbonyl (C=O) groups excluding carboxylic acids is 1. The Bertz CT molecular complexity index is 836. The number of fused-ring (bicyclic) bond motifs is 1. The van der Waals surface area contributed by atoms with Crippen LogP contribution in [0.4, 0.5) is 0 Å². The van der Waals surface area contributed by atoms with Crippen LogP contribution >= 0.6 is 0 Å². The number of aryl methyl sites for hydroxylation is 1. The lowest BCUT2D eigenvalue weighted by atomic mass is 9.98. The van der Waals surface area contributed by atoms with Gasteiger partial charge in [0.2, 0.25) is 0 Å². The molecule has 3 N–H and O–H groups in total. The fourth-order valence-corrected chi connectivity index (χ4v) is 4.95. The first-order valence-corrected chi connectivity index (χ1v) is 10.4. The van der Waals surface area contributed by atoms with Gasteiger partial charge in [-0.1, -0.05) is 19.8 Å². The van der Waals surface area contributed by atoms with Crippen molar-refractivity contribution in [2.24, 2.45) is 5.92 Å². The molecule has 0 bridgehead atoms. The van der Waals surface area contributed by atoms with Gasteiger partial charge in [0.05, 0.1) is 24.2 Å². The van der Waals surface area contributed by atoms with E-state index in [1.165, 1.54) is 30.6 Å². The van der Waals surface area contributed by atoms with Crippen LogP contribution in [0.3, 0.4) is 0 Å². The topological polar surface area (TPSA) is 66.9 Å². The SMILES string of the molecule is Cc1oc2ccc(O)c(C[NH+]3CCC[C@@H](C)C3)c2c1C(=O)NC1CCCC1. The molecule has 1 aliphatic heterocycles. The molecule has 5 heteroatoms. The minimum Gasteiger partial charge on any atom is -0.507 e. The summed E-state index contributed by atoms with van der Waals surface area (Å²) in [5.74, 6) is 1.54. The van der Waals surface area contributed by atoms with Crippen molar-refractivity contribution in [3.8, 4) is 5.75 Å². The van der Waals surface area contributed by atoms with E-state index in [1.54, 1.807) is 12.1 Å². The van der Waals surface area contributed by atoms with Crippen molar-refractivity contribution in [2.45, 2.75) is 65.0 Å². The normalized spacial score (nSPS) is 23.8. The fraction of sp³-hybridized carbons (Fsp3) is 0.591. The van der Waals surface area contributed by atoms with E-state index in [4.69, 9.17) is 4.42 Å². The zero-order chi connectivity index (χ0) is 19.0. The predicted octanol–water partition coefficient (Wildman–Crippen LogP) is 2.93. The molecular formula is C22H31N2O3+. The van der Waals surface area contributed by atoms with Gasteiger partial charge in [0.1, 0.15) is 23.6 Å². The first-order valence-electron chi connectivity index (χ1n) is 10.4. The van der Waals surface area contributed by atoms with Gasteiger partial charge in [-0.05, 0) is 44.7 Å². The number of hydrogen-bond donors (Lipinski definition) is 3. The van der Waals surface area contributed by atoms with Crippen LogP contribution in [0.1, 0.15) is 67.1 Å². The molecule has 1 aliphatic carbocycles. The van der Waals surface area contributed by atoms with E-state index in [2.05, 4.69) is 12.2 Å². The van der Waals surface area contributed by atoms with Gasteiger partial charge in [0.25, 0.3) is 5.91 Å². The van der Waals surface area contributed by atoms with Crippen LogP contribution < -0.4 is 10.2 Å². The van der Waals surface area contributed by atoms with Crippen molar-refractivity contribution in [3.63, 3.8) is 0 Å². The smallest absolute Gasteiger partial charge is 0.255 e. The third-order valence-corrected chi connectivity index (χ3v) is 6.32. The van der Waals surface area contributed by atoms with E-state index >= 15 is 0 Å². The average Bonchev–Trinajstić information content (AvgIpc) is 3.24. The summed E-state index contributed by atoms with van der Waals surface area (Å²) >= 11 is 0. The molecule has 1 aromatic carbocycles. The summed E-state index contributed by atoms with van der Waals surface area (Å²) in [5, 5.41) is 14.6. The first-order chi connectivity index (χ1) is 13.0. The Morgan fingerprint density at radius 1 is 1.26 bits per heavy atom. The Morgan fingerprint density at radius 2 is 2.04 bits per heavy atom. The summed E-state index contributed by atoms with van der Waals surface area (Å²) in [4.78, 5) is 14.5. The summed E-state index contributed by atoms with van der Waals surface area (Å²) in [7, 11) is 0. The van der Waals surface area contributed by atoms with Gasteiger partial charge in [-0.15, -0.1) is 0 Å². The number of rotatable bonds is 4. The number of piperidine rings is 1. The molecule has 2 aliphatic rings. The van der Waals surface area contributed by atoms with E-state index in [-0.39, 0.29) is 17.7 Å². The number of nitrogens with one attached hydrogen (secondary N) is 2. The van der Waals surface area contributed by atoms with Crippen molar-refractivity contribution in [1.82, 2.24) is 5.32 Å². The number of aromatic hydroxyl groups is 1. The highest BCUT2D eigenvalue weighted by Crippen LogP contribution is 2.34. The van der Waals surface area contributed by atoms with E-state index < -0.39 is 0 Å². The lowest BCUT2D eigenvalue weighted by molar-refractivity contribution is -0.922. The molecule has 1 amide bonds. The van der Waals surface area contributed by atoms with Crippen LogP contribution in [0.15, 0.2) is 16.5 Å². The number of furan rings is 1. The van der Waals surface area contributed by atoms with Crippen molar-refractivity contribution in [2.75, 3.05) is 13.1 Å². The minimum atomic E-state index is -0.0630. The molecule has 2 aromatic rings. The lowest BCUT2D eigenvalue weighted by Crippen LogP contribution is -3.12. The van der Waals surface area contributed by atoms with Gasteiger partial charge in [-0.3, -0.25) is 4.79 Å². The van der Waals surface area contributed by atoms with Crippen LogP contribution in [-0.2, 0) is 6.54 Å². The molecule has 2 atom stereocenters. The second-order valence-electron chi connectivity index (χ2n) is 8.55. The van der Waals surface area contributed by atoms with Gasteiger partial charge >= 0.3 is 0 Å². The second-order valence-corrected chi connectivity index (χ2v) is 8.55. The lowest BCUT2D eigenvalue weighted by Gasteiger charge is -2.28. The van der Waals surface area contributed by atoms with Crippen molar-refractivity contribution < 1.29 is 19.2 Å². The molecule has 4 rings (SSSR count). The van der Waals surface area contributed by atoms with Crippen LogP contribution in [0.2, 0.25) is 0 Å². The highest BCUT2D eigenvalue weighted by molar-refractivity contribution is 6.09. The molecule has 146 valence electrons. The average molecular weight is 372 g/mol. The number of phenolic OH excluding ortho intramolecular Hbond substituents is 1. The van der Waals surface area contributed by atoms with E-state index in [0.717, 1.165) is 43.4 Å². The van der Waals surface area contributed by atoms with Crippen molar-refractivity contribution in [3.05, 3.63) is 29.0 Å². The standard InChI is InChI=1S/C22H30N2O3/c1-14-6-5-11-24(12-14)13-17-18(25)9-10-19-21(17)20(15(2)27-19)22(26)23-16-7-3-4-8-16/h9-10,14,16,25H,3-8,11-13H2,1-2H3,(H,23,26)/p+1/t14-/m1/s1. The number of phenols is 1. The predicted molar refractivity (Wildman–Crippen MR) is 105 cm³/mol. The zero-order valence-corrected chi connectivity index (χ0v) is 16.4. The maximum absolute atomic E-state index is 13.0. The number of carbonyl (C=O) groups is 1. The minimum absolute atomic E-state index is 0.0630. The highest BCUT2D eigenvalue weighted by Gasteiger charge is 2.28. The maximum atomic E-state index is 13.0. The summed E-state index contributed by atoms with van der Waals surface area (Å²) in [6, 6.07) is 3.74. The van der Waals surface area contributed by atoms with Crippen LogP contribution in [0.5, 0.6) is 5.75 Å². The molecule has 1 saturated carbocycles. The Labute approximate surface area is 160 Å². The third kappa shape index (κ3) is 3.70. The van der Waals surface area contributed by atoms with Crippen molar-refractivity contribution >= 4 is 16.9 Å².